The van der Waals surface area contributed by atoms with Crippen molar-refractivity contribution in [2.45, 2.75) is 6.04 Å². The third-order valence-corrected chi connectivity index (χ3v) is 4.16. The van der Waals surface area contributed by atoms with E-state index in [9.17, 15) is 4.39 Å². The minimum absolute atomic E-state index is 0.243. The van der Waals surface area contributed by atoms with Crippen molar-refractivity contribution in [3.8, 4) is 11.5 Å². The van der Waals surface area contributed by atoms with Crippen molar-refractivity contribution >= 4 is 27.5 Å². The lowest BCUT2D eigenvalue weighted by molar-refractivity contribution is 0.354. The molecule has 21 heavy (non-hydrogen) atoms. The zero-order valence-corrected chi connectivity index (χ0v) is 13.8. The fraction of sp³-hybridized carbons (Fsp3) is 0.200. The van der Waals surface area contributed by atoms with Gasteiger partial charge in [-0.3, -0.25) is 0 Å². The molecule has 3 nitrogen and oxygen atoms in total. The second-order valence-corrected chi connectivity index (χ2v) is 5.60. The molecule has 0 bridgehead atoms. The van der Waals surface area contributed by atoms with Gasteiger partial charge in [0.15, 0.2) is 11.5 Å². The van der Waals surface area contributed by atoms with Gasteiger partial charge in [-0.1, -0.05) is 33.6 Å². The van der Waals surface area contributed by atoms with E-state index in [0.29, 0.717) is 21.5 Å². The summed E-state index contributed by atoms with van der Waals surface area (Å²) in [6.45, 7) is 0. The van der Waals surface area contributed by atoms with E-state index in [4.69, 9.17) is 26.8 Å². The van der Waals surface area contributed by atoms with E-state index in [0.717, 1.165) is 0 Å². The van der Waals surface area contributed by atoms with Crippen molar-refractivity contribution in [1.82, 2.24) is 0 Å². The van der Waals surface area contributed by atoms with Crippen molar-refractivity contribution in [3.05, 3.63) is 56.8 Å². The quantitative estimate of drug-likeness (QED) is 0.867. The summed E-state index contributed by atoms with van der Waals surface area (Å²) in [7, 11) is 3.06. The lowest BCUT2D eigenvalue weighted by atomic mass is 9.98. The van der Waals surface area contributed by atoms with Crippen LogP contribution in [0.5, 0.6) is 11.5 Å². The summed E-state index contributed by atoms with van der Waals surface area (Å²) in [5.41, 5.74) is 7.08. The molecular weight excluding hydrogens is 361 g/mol. The van der Waals surface area contributed by atoms with Gasteiger partial charge in [0.1, 0.15) is 5.82 Å². The van der Waals surface area contributed by atoms with E-state index in [1.807, 2.05) is 0 Å². The average Bonchev–Trinajstić information content (AvgIpc) is 2.46. The average molecular weight is 375 g/mol. The van der Waals surface area contributed by atoms with Crippen LogP contribution in [0.3, 0.4) is 0 Å². The van der Waals surface area contributed by atoms with E-state index in [1.54, 1.807) is 18.2 Å². The smallest absolute Gasteiger partial charge is 0.161 e. The number of nitrogens with two attached hydrogens (primary N) is 1. The topological polar surface area (TPSA) is 44.5 Å². The number of methoxy groups -OCH3 is 2. The highest BCUT2D eigenvalue weighted by molar-refractivity contribution is 9.10. The predicted molar refractivity (Wildman–Crippen MR) is 84.7 cm³/mol. The van der Waals surface area contributed by atoms with Crippen LogP contribution < -0.4 is 15.2 Å². The normalized spacial score (nSPS) is 12.1. The Labute approximate surface area is 135 Å². The van der Waals surface area contributed by atoms with Gasteiger partial charge in [-0.15, -0.1) is 0 Å². The number of hydrogen-bond acceptors (Lipinski definition) is 3. The molecule has 2 N–H and O–H groups in total. The standard InChI is InChI=1S/C15H14BrClFNO2/c1-20-12-6-8(9(16)7-13(12)21-2)15(19)14-10(17)4-3-5-11(14)18/h3-7,15H,19H2,1-2H3. The van der Waals surface area contributed by atoms with Gasteiger partial charge in [-0.2, -0.15) is 0 Å². The van der Waals surface area contributed by atoms with Gasteiger partial charge >= 0.3 is 0 Å². The van der Waals surface area contributed by atoms with Crippen molar-refractivity contribution in [1.29, 1.82) is 0 Å². The first-order valence-corrected chi connectivity index (χ1v) is 7.27. The van der Waals surface area contributed by atoms with Gasteiger partial charge in [0, 0.05) is 15.1 Å². The Morgan fingerprint density at radius 1 is 1.19 bits per heavy atom. The molecule has 0 radical (unpaired) electrons. The molecule has 0 amide bonds. The van der Waals surface area contributed by atoms with E-state index in [2.05, 4.69) is 15.9 Å². The maximum Gasteiger partial charge on any atom is 0.161 e. The molecule has 112 valence electrons. The Hall–Kier alpha value is -1.30. The lowest BCUT2D eigenvalue weighted by Gasteiger charge is -2.19. The van der Waals surface area contributed by atoms with Crippen LogP contribution in [-0.4, -0.2) is 14.2 Å². The molecule has 2 aromatic carbocycles. The molecule has 2 rings (SSSR count). The zero-order valence-electron chi connectivity index (χ0n) is 11.5. The first-order chi connectivity index (χ1) is 9.99. The van der Waals surface area contributed by atoms with Crippen LogP contribution in [0.2, 0.25) is 5.02 Å². The summed E-state index contributed by atoms with van der Waals surface area (Å²) in [6.07, 6.45) is 0. The molecule has 0 aliphatic heterocycles. The number of halogens is 3. The highest BCUT2D eigenvalue weighted by Crippen LogP contribution is 2.39. The number of rotatable bonds is 4. The molecule has 0 spiro atoms. The highest BCUT2D eigenvalue weighted by atomic mass is 79.9. The third kappa shape index (κ3) is 3.15. The second-order valence-electron chi connectivity index (χ2n) is 4.34. The van der Waals surface area contributed by atoms with Gasteiger partial charge in [0.05, 0.1) is 20.3 Å². The molecule has 0 aliphatic rings. The molecule has 0 fully saturated rings. The summed E-state index contributed by atoms with van der Waals surface area (Å²) < 4.78 is 25.2. The van der Waals surface area contributed by atoms with Crippen LogP contribution in [-0.2, 0) is 0 Å². The highest BCUT2D eigenvalue weighted by Gasteiger charge is 2.21. The summed E-state index contributed by atoms with van der Waals surface area (Å²) in [4.78, 5) is 0. The molecule has 0 aliphatic carbocycles. The summed E-state index contributed by atoms with van der Waals surface area (Å²) in [6, 6.07) is 7.17. The van der Waals surface area contributed by atoms with Crippen molar-refractivity contribution in [2.75, 3.05) is 14.2 Å². The minimum atomic E-state index is -0.729. The Balaban J connectivity index is 2.56. The monoisotopic (exact) mass is 373 g/mol. The van der Waals surface area contributed by atoms with Gasteiger partial charge in [0.25, 0.3) is 0 Å². The second kappa shape index (κ2) is 6.64. The van der Waals surface area contributed by atoms with Crippen LogP contribution in [0, 0.1) is 5.82 Å². The molecular formula is C15H14BrClFNO2. The molecule has 1 unspecified atom stereocenters. The molecule has 0 aromatic heterocycles. The Kier molecular flexibility index (Phi) is 5.08. The van der Waals surface area contributed by atoms with Gasteiger partial charge in [-0.25, -0.2) is 4.39 Å². The Bertz CT molecular complexity index is 646. The Morgan fingerprint density at radius 2 is 1.81 bits per heavy atom. The summed E-state index contributed by atoms with van der Waals surface area (Å²) in [5, 5.41) is 0.282. The van der Waals surface area contributed by atoms with Crippen molar-refractivity contribution < 1.29 is 13.9 Å². The van der Waals surface area contributed by atoms with E-state index in [-0.39, 0.29) is 10.6 Å². The number of hydrogen-bond donors (Lipinski definition) is 1. The van der Waals surface area contributed by atoms with Crippen molar-refractivity contribution in [2.24, 2.45) is 5.73 Å². The zero-order chi connectivity index (χ0) is 15.6. The van der Waals surface area contributed by atoms with E-state index in [1.165, 1.54) is 26.4 Å². The SMILES string of the molecule is COc1cc(Br)c(C(N)c2c(F)cccc2Cl)cc1OC. The summed E-state index contributed by atoms with van der Waals surface area (Å²) >= 11 is 9.48. The summed E-state index contributed by atoms with van der Waals surface area (Å²) in [5.74, 6) is 0.621. The maximum absolute atomic E-state index is 14.0. The van der Waals surface area contributed by atoms with Crippen LogP contribution >= 0.6 is 27.5 Å². The van der Waals surface area contributed by atoms with Crippen LogP contribution in [0.25, 0.3) is 0 Å². The lowest BCUT2D eigenvalue weighted by Crippen LogP contribution is -2.15. The molecule has 6 heteroatoms. The van der Waals surface area contributed by atoms with Crippen molar-refractivity contribution in [3.63, 3.8) is 0 Å². The molecule has 1 atom stereocenters. The third-order valence-electron chi connectivity index (χ3n) is 3.15. The number of benzene rings is 2. The number of ether oxygens (including phenoxy) is 2. The van der Waals surface area contributed by atoms with Crippen LogP contribution in [0.15, 0.2) is 34.8 Å². The van der Waals surface area contributed by atoms with Gasteiger partial charge in [0.2, 0.25) is 0 Å². The van der Waals surface area contributed by atoms with Gasteiger partial charge < -0.3 is 15.2 Å². The first-order valence-electron chi connectivity index (χ1n) is 6.10. The fourth-order valence-electron chi connectivity index (χ4n) is 2.07. The van der Waals surface area contributed by atoms with Gasteiger partial charge in [-0.05, 0) is 29.8 Å². The van der Waals surface area contributed by atoms with E-state index < -0.39 is 11.9 Å². The first kappa shape index (κ1) is 16.1. The molecule has 0 saturated carbocycles. The largest absolute Gasteiger partial charge is 0.493 e. The fourth-order valence-corrected chi connectivity index (χ4v) is 2.92. The predicted octanol–water partition coefficient (Wildman–Crippen LogP) is 4.31. The van der Waals surface area contributed by atoms with Crippen LogP contribution in [0.4, 0.5) is 4.39 Å². The maximum atomic E-state index is 14.0. The molecule has 2 aromatic rings. The molecule has 0 heterocycles. The molecule has 0 saturated heterocycles. The van der Waals surface area contributed by atoms with Crippen LogP contribution in [0.1, 0.15) is 17.2 Å². The van der Waals surface area contributed by atoms with E-state index >= 15 is 0 Å². The Morgan fingerprint density at radius 3 is 2.38 bits per heavy atom. The minimum Gasteiger partial charge on any atom is -0.493 e.